The summed E-state index contributed by atoms with van der Waals surface area (Å²) >= 11 is 1.54. The van der Waals surface area contributed by atoms with Crippen molar-refractivity contribution in [3.05, 3.63) is 45.9 Å². The standard InChI is InChI=1S/C17H22N2O2S/c1-4-12(2)18-16(20)10-15-13(3)19-17(22-15)11-21-14-8-6-5-7-9-14/h5-9,12H,4,10-11H2,1-3H3,(H,18,20). The lowest BCUT2D eigenvalue weighted by Crippen LogP contribution is -2.33. The summed E-state index contributed by atoms with van der Waals surface area (Å²) in [6.07, 6.45) is 1.32. The van der Waals surface area contributed by atoms with Crippen LogP contribution in [0.15, 0.2) is 30.3 Å². The number of amides is 1. The number of ether oxygens (including phenoxy) is 1. The normalized spacial score (nSPS) is 12.0. The zero-order valence-electron chi connectivity index (χ0n) is 13.3. The van der Waals surface area contributed by atoms with Gasteiger partial charge in [-0.1, -0.05) is 25.1 Å². The van der Waals surface area contributed by atoms with Crippen molar-refractivity contribution >= 4 is 17.2 Å². The number of carbonyl (C=O) groups is 1. The Hall–Kier alpha value is -1.88. The van der Waals surface area contributed by atoms with Crippen LogP contribution >= 0.6 is 11.3 Å². The monoisotopic (exact) mass is 318 g/mol. The van der Waals surface area contributed by atoms with Crippen molar-refractivity contribution in [3.8, 4) is 5.75 Å². The highest BCUT2D eigenvalue weighted by molar-refractivity contribution is 7.11. The minimum absolute atomic E-state index is 0.0524. The third kappa shape index (κ3) is 4.84. The average molecular weight is 318 g/mol. The van der Waals surface area contributed by atoms with Gasteiger partial charge in [0.1, 0.15) is 17.4 Å². The number of nitrogens with zero attached hydrogens (tertiary/aromatic N) is 1. The molecule has 1 N–H and O–H groups in total. The van der Waals surface area contributed by atoms with E-state index in [4.69, 9.17) is 4.74 Å². The van der Waals surface area contributed by atoms with Crippen LogP contribution in [0.25, 0.3) is 0 Å². The number of hydrogen-bond acceptors (Lipinski definition) is 4. The van der Waals surface area contributed by atoms with Gasteiger partial charge in [0.2, 0.25) is 5.91 Å². The van der Waals surface area contributed by atoms with Gasteiger partial charge in [-0.3, -0.25) is 4.79 Å². The number of carbonyl (C=O) groups excluding carboxylic acids is 1. The molecule has 0 spiro atoms. The fourth-order valence-electron chi connectivity index (χ4n) is 1.95. The smallest absolute Gasteiger partial charge is 0.225 e. The first-order valence-electron chi connectivity index (χ1n) is 7.51. The molecule has 22 heavy (non-hydrogen) atoms. The van der Waals surface area contributed by atoms with Crippen molar-refractivity contribution < 1.29 is 9.53 Å². The molecule has 0 bridgehead atoms. The molecule has 2 rings (SSSR count). The first-order chi connectivity index (χ1) is 10.6. The lowest BCUT2D eigenvalue weighted by molar-refractivity contribution is -0.121. The topological polar surface area (TPSA) is 51.2 Å². The molecule has 1 heterocycles. The maximum atomic E-state index is 12.0. The highest BCUT2D eigenvalue weighted by Crippen LogP contribution is 2.20. The fourth-order valence-corrected chi connectivity index (χ4v) is 2.93. The lowest BCUT2D eigenvalue weighted by atomic mass is 10.2. The minimum Gasteiger partial charge on any atom is -0.486 e. The summed E-state index contributed by atoms with van der Waals surface area (Å²) in [6, 6.07) is 9.87. The van der Waals surface area contributed by atoms with Crippen LogP contribution in [0.3, 0.4) is 0 Å². The highest BCUT2D eigenvalue weighted by Gasteiger charge is 2.13. The van der Waals surface area contributed by atoms with Crippen molar-refractivity contribution in [2.24, 2.45) is 0 Å². The van der Waals surface area contributed by atoms with E-state index in [-0.39, 0.29) is 11.9 Å². The molecule has 0 aliphatic heterocycles. The maximum Gasteiger partial charge on any atom is 0.225 e. The van der Waals surface area contributed by atoms with Crippen LogP contribution in [0.2, 0.25) is 0 Å². The van der Waals surface area contributed by atoms with Crippen molar-refractivity contribution in [1.29, 1.82) is 0 Å². The quantitative estimate of drug-likeness (QED) is 0.850. The summed E-state index contributed by atoms with van der Waals surface area (Å²) in [6.45, 7) is 6.44. The van der Waals surface area contributed by atoms with Crippen molar-refractivity contribution in [2.45, 2.75) is 46.3 Å². The number of para-hydroxylation sites is 1. The van der Waals surface area contributed by atoms with E-state index in [0.29, 0.717) is 13.0 Å². The number of nitrogens with one attached hydrogen (secondary N) is 1. The third-order valence-corrected chi connectivity index (χ3v) is 4.51. The first-order valence-corrected chi connectivity index (χ1v) is 8.32. The van der Waals surface area contributed by atoms with Gasteiger partial charge in [-0.25, -0.2) is 4.98 Å². The Balaban J connectivity index is 1.92. The average Bonchev–Trinajstić information content (AvgIpc) is 2.86. The van der Waals surface area contributed by atoms with Crippen LogP contribution in [0, 0.1) is 6.92 Å². The van der Waals surface area contributed by atoms with Gasteiger partial charge in [-0.15, -0.1) is 11.3 Å². The van der Waals surface area contributed by atoms with E-state index in [9.17, 15) is 4.79 Å². The molecule has 1 amide bonds. The summed E-state index contributed by atoms with van der Waals surface area (Å²) in [7, 11) is 0. The number of rotatable bonds is 7. The molecule has 1 atom stereocenters. The van der Waals surface area contributed by atoms with E-state index in [1.165, 1.54) is 0 Å². The molecule has 0 saturated carbocycles. The second-order valence-electron chi connectivity index (χ2n) is 5.27. The molecule has 1 aromatic heterocycles. The van der Waals surface area contributed by atoms with Crippen LogP contribution in [-0.4, -0.2) is 16.9 Å². The molecule has 0 aliphatic rings. The van der Waals surface area contributed by atoms with Crippen LogP contribution in [-0.2, 0) is 17.8 Å². The maximum absolute atomic E-state index is 12.0. The van der Waals surface area contributed by atoms with Gasteiger partial charge in [-0.2, -0.15) is 0 Å². The predicted octanol–water partition coefficient (Wildman–Crippen LogP) is 3.49. The number of hydrogen-bond donors (Lipinski definition) is 1. The molecule has 0 aliphatic carbocycles. The summed E-state index contributed by atoms with van der Waals surface area (Å²) in [5, 5.41) is 3.88. The van der Waals surface area contributed by atoms with Crippen molar-refractivity contribution in [3.63, 3.8) is 0 Å². The highest BCUT2D eigenvalue weighted by atomic mass is 32.1. The lowest BCUT2D eigenvalue weighted by Gasteiger charge is -2.10. The Morgan fingerprint density at radius 2 is 2.09 bits per heavy atom. The SMILES string of the molecule is CCC(C)NC(=O)Cc1sc(COc2ccccc2)nc1C. The summed E-state index contributed by atoms with van der Waals surface area (Å²) in [4.78, 5) is 17.5. The van der Waals surface area contributed by atoms with Crippen LogP contribution < -0.4 is 10.1 Å². The fraction of sp³-hybridized carbons (Fsp3) is 0.412. The van der Waals surface area contributed by atoms with Gasteiger partial charge < -0.3 is 10.1 Å². The molecular formula is C17H22N2O2S. The van der Waals surface area contributed by atoms with E-state index in [1.54, 1.807) is 11.3 Å². The molecule has 2 aromatic rings. The second kappa shape index (κ2) is 7.94. The first kappa shape index (κ1) is 16.5. The molecule has 1 unspecified atom stereocenters. The van der Waals surface area contributed by atoms with E-state index >= 15 is 0 Å². The van der Waals surface area contributed by atoms with Gasteiger partial charge >= 0.3 is 0 Å². The molecule has 1 aromatic carbocycles. The van der Waals surface area contributed by atoms with Crippen LogP contribution in [0.5, 0.6) is 5.75 Å². The van der Waals surface area contributed by atoms with E-state index in [2.05, 4.69) is 17.2 Å². The van der Waals surface area contributed by atoms with Crippen molar-refractivity contribution in [1.82, 2.24) is 10.3 Å². The summed E-state index contributed by atoms with van der Waals surface area (Å²) in [5.41, 5.74) is 0.913. The Morgan fingerprint density at radius 1 is 1.36 bits per heavy atom. The van der Waals surface area contributed by atoms with Gasteiger partial charge in [0.15, 0.2) is 0 Å². The number of thiazole rings is 1. The van der Waals surface area contributed by atoms with E-state index in [1.807, 2.05) is 44.2 Å². The van der Waals surface area contributed by atoms with E-state index < -0.39 is 0 Å². The second-order valence-corrected chi connectivity index (χ2v) is 6.44. The van der Waals surface area contributed by atoms with Gasteiger partial charge in [0.05, 0.1) is 12.1 Å². The Morgan fingerprint density at radius 3 is 2.77 bits per heavy atom. The van der Waals surface area contributed by atoms with Crippen LogP contribution in [0.1, 0.15) is 35.8 Å². The van der Waals surface area contributed by atoms with Gasteiger partial charge in [0, 0.05) is 10.9 Å². The largest absolute Gasteiger partial charge is 0.486 e. The number of benzene rings is 1. The van der Waals surface area contributed by atoms with Crippen molar-refractivity contribution in [2.75, 3.05) is 0 Å². The Bertz CT molecular complexity index is 610. The molecule has 0 saturated heterocycles. The number of aromatic nitrogens is 1. The summed E-state index contributed by atoms with van der Waals surface area (Å²) < 4.78 is 5.69. The summed E-state index contributed by atoms with van der Waals surface area (Å²) in [5.74, 6) is 0.878. The van der Waals surface area contributed by atoms with Crippen LogP contribution in [0.4, 0.5) is 0 Å². The molecule has 0 fully saturated rings. The zero-order valence-corrected chi connectivity index (χ0v) is 14.1. The number of aryl methyl sites for hydroxylation is 1. The molecule has 4 nitrogen and oxygen atoms in total. The van der Waals surface area contributed by atoms with E-state index in [0.717, 1.165) is 27.7 Å². The molecule has 5 heteroatoms. The van der Waals surface area contributed by atoms with Gasteiger partial charge in [0.25, 0.3) is 0 Å². The molecular weight excluding hydrogens is 296 g/mol. The zero-order chi connectivity index (χ0) is 15.9. The Labute approximate surface area is 135 Å². The predicted molar refractivity (Wildman–Crippen MR) is 89.2 cm³/mol. The Kier molecular flexibility index (Phi) is 5.95. The minimum atomic E-state index is 0.0524. The molecule has 118 valence electrons. The van der Waals surface area contributed by atoms with Gasteiger partial charge in [-0.05, 0) is 32.4 Å². The molecule has 0 radical (unpaired) electrons. The third-order valence-electron chi connectivity index (χ3n) is 3.38.